The number of nitrogens with one attached hydrogen (secondary N) is 3. The number of urea groups is 1. The SMILES string of the molecule is COc1ccc(C2NC(SCC(=O)NCc3ccc4c(c3)OCO4)C3C(=O)N(C)C(=O)N(C)C3N2)cc1. The molecule has 0 bridgehead atoms. The number of carbonyl (C=O) groups excluding carboxylic acids is 3. The zero-order chi connectivity index (χ0) is 26.1. The average Bonchev–Trinajstić information content (AvgIpc) is 3.40. The Morgan fingerprint density at radius 1 is 1.11 bits per heavy atom. The summed E-state index contributed by atoms with van der Waals surface area (Å²) in [6.45, 7) is 0.536. The maximum atomic E-state index is 13.1. The summed E-state index contributed by atoms with van der Waals surface area (Å²) in [5.74, 6) is 1.18. The van der Waals surface area contributed by atoms with E-state index in [2.05, 4.69) is 16.0 Å². The number of imide groups is 1. The molecule has 0 aliphatic carbocycles. The van der Waals surface area contributed by atoms with Crippen molar-refractivity contribution < 1.29 is 28.6 Å². The number of hydrogen-bond donors (Lipinski definition) is 3. The van der Waals surface area contributed by atoms with Gasteiger partial charge in [0.2, 0.25) is 18.6 Å². The number of benzene rings is 2. The third-order valence-electron chi connectivity index (χ3n) is 6.73. The number of ether oxygens (including phenoxy) is 3. The van der Waals surface area contributed by atoms with E-state index >= 15 is 0 Å². The molecule has 12 heteroatoms. The summed E-state index contributed by atoms with van der Waals surface area (Å²) in [5, 5.41) is 9.36. The number of nitrogens with zero attached hydrogens (tertiary/aromatic N) is 2. The minimum Gasteiger partial charge on any atom is -0.497 e. The van der Waals surface area contributed by atoms with Gasteiger partial charge >= 0.3 is 6.03 Å². The fourth-order valence-electron chi connectivity index (χ4n) is 4.66. The fraction of sp³-hybridized carbons (Fsp3) is 0.400. The minimum atomic E-state index is -0.575. The van der Waals surface area contributed by atoms with Gasteiger partial charge in [0.05, 0.1) is 36.5 Å². The van der Waals surface area contributed by atoms with Crippen LogP contribution in [0.2, 0.25) is 0 Å². The van der Waals surface area contributed by atoms with E-state index < -0.39 is 17.5 Å². The molecule has 2 fully saturated rings. The highest BCUT2D eigenvalue weighted by molar-refractivity contribution is 8.00. The van der Waals surface area contributed by atoms with Crippen LogP contribution >= 0.6 is 11.8 Å². The third kappa shape index (κ3) is 5.04. The largest absolute Gasteiger partial charge is 0.497 e. The van der Waals surface area contributed by atoms with Crippen molar-refractivity contribution in [2.45, 2.75) is 24.3 Å². The maximum Gasteiger partial charge on any atom is 0.327 e. The molecule has 4 unspecified atom stereocenters. The third-order valence-corrected chi connectivity index (χ3v) is 7.94. The highest BCUT2D eigenvalue weighted by Gasteiger charge is 2.51. The molecule has 0 aromatic heterocycles. The topological polar surface area (TPSA) is 121 Å². The summed E-state index contributed by atoms with van der Waals surface area (Å²) in [6, 6.07) is 12.7. The van der Waals surface area contributed by atoms with Gasteiger partial charge in [-0.25, -0.2) is 4.79 Å². The molecule has 3 aliphatic heterocycles. The molecule has 0 spiro atoms. The summed E-state index contributed by atoms with van der Waals surface area (Å²) in [6.07, 6.45) is -0.869. The molecule has 3 N–H and O–H groups in total. The van der Waals surface area contributed by atoms with Gasteiger partial charge in [-0.05, 0) is 35.4 Å². The van der Waals surface area contributed by atoms with Crippen LogP contribution in [0.5, 0.6) is 17.2 Å². The lowest BCUT2D eigenvalue weighted by Crippen LogP contribution is -2.72. The lowest BCUT2D eigenvalue weighted by Gasteiger charge is -2.50. The van der Waals surface area contributed by atoms with Crippen molar-refractivity contribution in [2.75, 3.05) is 33.8 Å². The van der Waals surface area contributed by atoms with Gasteiger partial charge < -0.3 is 24.4 Å². The van der Waals surface area contributed by atoms with Crippen LogP contribution in [-0.2, 0) is 16.1 Å². The second kappa shape index (κ2) is 10.5. The first-order valence-electron chi connectivity index (χ1n) is 11.8. The van der Waals surface area contributed by atoms with Crippen molar-refractivity contribution in [2.24, 2.45) is 5.92 Å². The van der Waals surface area contributed by atoms with Crippen LogP contribution in [0.25, 0.3) is 0 Å². The highest BCUT2D eigenvalue weighted by atomic mass is 32.2. The summed E-state index contributed by atoms with van der Waals surface area (Å²) in [4.78, 5) is 41.2. The molecular formula is C25H29N5O6S. The Balaban J connectivity index is 1.27. The monoisotopic (exact) mass is 527 g/mol. The number of methoxy groups -OCH3 is 1. The van der Waals surface area contributed by atoms with Crippen LogP contribution in [0.1, 0.15) is 17.3 Å². The molecule has 5 rings (SSSR count). The second-order valence-corrected chi connectivity index (χ2v) is 10.1. The lowest BCUT2D eigenvalue weighted by atomic mass is 9.96. The summed E-state index contributed by atoms with van der Waals surface area (Å²) in [7, 11) is 4.75. The first-order valence-corrected chi connectivity index (χ1v) is 12.9. The van der Waals surface area contributed by atoms with Crippen molar-refractivity contribution in [3.05, 3.63) is 53.6 Å². The van der Waals surface area contributed by atoms with E-state index in [1.54, 1.807) is 14.2 Å². The van der Waals surface area contributed by atoms with Crippen LogP contribution in [-0.4, -0.2) is 72.9 Å². The van der Waals surface area contributed by atoms with E-state index in [9.17, 15) is 14.4 Å². The standard InChI is InChI=1S/C25H29N5O6S/c1-29-22-20(24(32)30(2)25(29)33)23(28-21(27-22)15-5-7-16(34-3)8-6-15)37-12-19(31)26-11-14-4-9-17-18(10-14)36-13-35-17/h4-10,20-23,27-28H,11-13H2,1-3H3,(H,26,31). The number of amides is 4. The predicted octanol–water partition coefficient (Wildman–Crippen LogP) is 1.46. The van der Waals surface area contributed by atoms with Gasteiger partial charge in [-0.15, -0.1) is 11.8 Å². The molecule has 0 radical (unpaired) electrons. The quantitative estimate of drug-likeness (QED) is 0.491. The predicted molar refractivity (Wildman–Crippen MR) is 136 cm³/mol. The first-order chi connectivity index (χ1) is 17.9. The molecule has 2 aromatic carbocycles. The Morgan fingerprint density at radius 2 is 1.86 bits per heavy atom. The lowest BCUT2D eigenvalue weighted by molar-refractivity contribution is -0.140. The summed E-state index contributed by atoms with van der Waals surface area (Å²) < 4.78 is 16.0. The van der Waals surface area contributed by atoms with E-state index in [1.807, 2.05) is 42.5 Å². The molecule has 3 aliphatic rings. The van der Waals surface area contributed by atoms with Crippen LogP contribution in [0.4, 0.5) is 4.79 Å². The fourth-order valence-corrected chi connectivity index (χ4v) is 5.79. The second-order valence-electron chi connectivity index (χ2n) is 9.00. The first kappa shape index (κ1) is 25.2. The number of fused-ring (bicyclic) bond motifs is 2. The molecule has 4 amide bonds. The highest BCUT2D eigenvalue weighted by Crippen LogP contribution is 2.35. The number of carbonyl (C=O) groups is 3. The Bertz CT molecular complexity index is 1190. The molecule has 4 atom stereocenters. The van der Waals surface area contributed by atoms with E-state index in [0.29, 0.717) is 18.0 Å². The molecule has 2 aromatic rings. The van der Waals surface area contributed by atoms with Gasteiger partial charge in [-0.3, -0.25) is 25.1 Å². The number of hydrogen-bond acceptors (Lipinski definition) is 9. The van der Waals surface area contributed by atoms with Gasteiger partial charge in [0.15, 0.2) is 11.5 Å². The zero-order valence-corrected chi connectivity index (χ0v) is 21.5. The Kier molecular flexibility index (Phi) is 7.13. The molecule has 0 saturated carbocycles. The average molecular weight is 528 g/mol. The van der Waals surface area contributed by atoms with Crippen molar-refractivity contribution in [1.29, 1.82) is 0 Å². The molecular weight excluding hydrogens is 498 g/mol. The van der Waals surface area contributed by atoms with E-state index in [0.717, 1.165) is 21.8 Å². The van der Waals surface area contributed by atoms with E-state index in [4.69, 9.17) is 14.2 Å². The van der Waals surface area contributed by atoms with Crippen molar-refractivity contribution >= 4 is 29.6 Å². The summed E-state index contributed by atoms with van der Waals surface area (Å²) >= 11 is 1.34. The van der Waals surface area contributed by atoms with Gasteiger partial charge in [0, 0.05) is 20.6 Å². The van der Waals surface area contributed by atoms with Crippen LogP contribution in [0.3, 0.4) is 0 Å². The van der Waals surface area contributed by atoms with Crippen molar-refractivity contribution in [1.82, 2.24) is 25.8 Å². The Hall–Kier alpha value is -3.48. The van der Waals surface area contributed by atoms with Crippen LogP contribution in [0.15, 0.2) is 42.5 Å². The molecule has 11 nitrogen and oxygen atoms in total. The number of thioether (sulfide) groups is 1. The van der Waals surface area contributed by atoms with Gasteiger partial charge in [-0.2, -0.15) is 0 Å². The molecule has 196 valence electrons. The van der Waals surface area contributed by atoms with Crippen molar-refractivity contribution in [3.63, 3.8) is 0 Å². The summed E-state index contributed by atoms with van der Waals surface area (Å²) in [5.41, 5.74) is 1.82. The normalized spacial score (nSPS) is 24.6. The molecule has 2 saturated heterocycles. The molecule has 37 heavy (non-hydrogen) atoms. The minimum absolute atomic E-state index is 0.134. The van der Waals surface area contributed by atoms with E-state index in [-0.39, 0.29) is 36.6 Å². The van der Waals surface area contributed by atoms with Gasteiger partial charge in [0.25, 0.3) is 0 Å². The van der Waals surface area contributed by atoms with Crippen LogP contribution < -0.4 is 30.2 Å². The smallest absolute Gasteiger partial charge is 0.327 e. The molecule has 3 heterocycles. The Labute approximate surface area is 218 Å². The van der Waals surface area contributed by atoms with Crippen molar-refractivity contribution in [3.8, 4) is 17.2 Å². The van der Waals surface area contributed by atoms with Gasteiger partial charge in [-0.1, -0.05) is 18.2 Å². The van der Waals surface area contributed by atoms with E-state index in [1.165, 1.54) is 23.7 Å². The number of rotatable bonds is 7. The zero-order valence-electron chi connectivity index (χ0n) is 20.7. The van der Waals surface area contributed by atoms with Gasteiger partial charge in [0.1, 0.15) is 5.75 Å². The maximum absolute atomic E-state index is 13.1. The Morgan fingerprint density at radius 3 is 2.62 bits per heavy atom. The van der Waals surface area contributed by atoms with Crippen LogP contribution in [0, 0.1) is 5.92 Å².